The molecule has 1 N–H and O–H groups in total. The number of piperazine rings is 1. The smallest absolute Gasteiger partial charge is 0.194 e. The zero-order chi connectivity index (χ0) is 20.8. The number of aromatic nitrogens is 3. The van der Waals surface area contributed by atoms with E-state index in [9.17, 15) is 0 Å². The number of nitrogens with zero attached hydrogens (tertiary/aromatic N) is 6. The van der Waals surface area contributed by atoms with Crippen LogP contribution in [0.1, 0.15) is 23.9 Å². The fourth-order valence-corrected chi connectivity index (χ4v) is 3.94. The van der Waals surface area contributed by atoms with Crippen LogP contribution in [0.3, 0.4) is 0 Å². The Morgan fingerprint density at radius 2 is 1.90 bits per heavy atom. The van der Waals surface area contributed by atoms with Crippen LogP contribution in [0.5, 0.6) is 0 Å². The summed E-state index contributed by atoms with van der Waals surface area (Å²) in [4.78, 5) is 9.77. The molecule has 2 aromatic heterocycles. The zero-order valence-corrected chi connectivity index (χ0v) is 20.7. The highest BCUT2D eigenvalue weighted by Gasteiger charge is 2.19. The number of benzene rings is 1. The van der Waals surface area contributed by atoms with E-state index in [1.807, 2.05) is 28.8 Å². The molecular formula is C23H32IN7. The summed E-state index contributed by atoms with van der Waals surface area (Å²) in [5.74, 6) is 1.95. The van der Waals surface area contributed by atoms with Crippen LogP contribution in [-0.2, 0) is 13.0 Å². The van der Waals surface area contributed by atoms with Crippen molar-refractivity contribution in [2.45, 2.75) is 26.8 Å². The zero-order valence-electron chi connectivity index (χ0n) is 18.4. The molecule has 0 unspecified atom stereocenters. The summed E-state index contributed by atoms with van der Waals surface area (Å²) in [5.41, 5.74) is 3.60. The molecule has 1 fully saturated rings. The van der Waals surface area contributed by atoms with Gasteiger partial charge in [0.1, 0.15) is 5.82 Å². The fraction of sp³-hybridized carbons (Fsp3) is 0.435. The molecule has 1 aliphatic heterocycles. The molecule has 4 rings (SSSR count). The SMILES string of the molecule is CCNC(=NCCc1nnc2ccccn12)N1CCN(Cc2cccc(C)c2)CC1.I. The third kappa shape index (κ3) is 6.16. The lowest BCUT2D eigenvalue weighted by atomic mass is 10.1. The van der Waals surface area contributed by atoms with E-state index in [1.54, 1.807) is 0 Å². The second-order valence-electron chi connectivity index (χ2n) is 7.78. The summed E-state index contributed by atoms with van der Waals surface area (Å²) < 4.78 is 2.03. The Labute approximate surface area is 201 Å². The lowest BCUT2D eigenvalue weighted by molar-refractivity contribution is 0.172. The monoisotopic (exact) mass is 533 g/mol. The van der Waals surface area contributed by atoms with Crippen molar-refractivity contribution in [2.24, 2.45) is 4.99 Å². The van der Waals surface area contributed by atoms with E-state index in [4.69, 9.17) is 4.99 Å². The Balaban J connectivity index is 0.00000272. The summed E-state index contributed by atoms with van der Waals surface area (Å²) >= 11 is 0. The number of pyridine rings is 1. The number of aliphatic imine (C=N–C) groups is 1. The normalized spacial score (nSPS) is 15.2. The largest absolute Gasteiger partial charge is 0.357 e. The highest BCUT2D eigenvalue weighted by atomic mass is 127. The van der Waals surface area contributed by atoms with Crippen LogP contribution in [-0.4, -0.2) is 69.6 Å². The third-order valence-corrected chi connectivity index (χ3v) is 5.48. The molecule has 0 atom stereocenters. The van der Waals surface area contributed by atoms with Gasteiger partial charge in [-0.25, -0.2) is 0 Å². The van der Waals surface area contributed by atoms with E-state index < -0.39 is 0 Å². The first-order valence-electron chi connectivity index (χ1n) is 10.8. The molecule has 0 saturated carbocycles. The van der Waals surface area contributed by atoms with E-state index >= 15 is 0 Å². The second-order valence-corrected chi connectivity index (χ2v) is 7.78. The number of aryl methyl sites for hydroxylation is 1. The van der Waals surface area contributed by atoms with Crippen LogP contribution in [0.15, 0.2) is 53.7 Å². The highest BCUT2D eigenvalue weighted by molar-refractivity contribution is 14.0. The molecule has 0 aliphatic carbocycles. The van der Waals surface area contributed by atoms with Crippen molar-refractivity contribution in [1.29, 1.82) is 0 Å². The number of hydrogen-bond acceptors (Lipinski definition) is 4. The van der Waals surface area contributed by atoms with Gasteiger partial charge in [0.15, 0.2) is 11.6 Å². The van der Waals surface area contributed by atoms with Gasteiger partial charge in [-0.05, 0) is 31.5 Å². The summed E-state index contributed by atoms with van der Waals surface area (Å²) in [6.07, 6.45) is 2.78. The minimum absolute atomic E-state index is 0. The number of nitrogens with one attached hydrogen (secondary N) is 1. The first-order chi connectivity index (χ1) is 14.7. The molecule has 0 radical (unpaired) electrons. The Hall–Kier alpha value is -2.20. The second kappa shape index (κ2) is 11.4. The number of hydrogen-bond donors (Lipinski definition) is 1. The number of halogens is 1. The van der Waals surface area contributed by atoms with E-state index in [2.05, 4.69) is 63.4 Å². The van der Waals surface area contributed by atoms with Crippen LogP contribution in [0.2, 0.25) is 0 Å². The first kappa shape index (κ1) is 23.5. The van der Waals surface area contributed by atoms with Crippen molar-refractivity contribution in [2.75, 3.05) is 39.3 Å². The predicted molar refractivity (Wildman–Crippen MR) is 136 cm³/mol. The van der Waals surface area contributed by atoms with Crippen LogP contribution >= 0.6 is 24.0 Å². The fourth-order valence-electron chi connectivity index (χ4n) is 3.94. The predicted octanol–water partition coefficient (Wildman–Crippen LogP) is 2.98. The summed E-state index contributed by atoms with van der Waals surface area (Å²) in [6.45, 7) is 10.9. The maximum atomic E-state index is 4.87. The van der Waals surface area contributed by atoms with Crippen LogP contribution < -0.4 is 5.32 Å². The number of rotatable bonds is 6. The van der Waals surface area contributed by atoms with Crippen molar-refractivity contribution in [3.8, 4) is 0 Å². The van der Waals surface area contributed by atoms with Gasteiger partial charge in [-0.15, -0.1) is 34.2 Å². The van der Waals surface area contributed by atoms with Gasteiger partial charge in [-0.2, -0.15) is 0 Å². The molecule has 0 bridgehead atoms. The highest BCUT2D eigenvalue weighted by Crippen LogP contribution is 2.11. The van der Waals surface area contributed by atoms with Crippen LogP contribution in [0.4, 0.5) is 0 Å². The van der Waals surface area contributed by atoms with Gasteiger partial charge in [0.2, 0.25) is 0 Å². The van der Waals surface area contributed by atoms with Gasteiger partial charge >= 0.3 is 0 Å². The van der Waals surface area contributed by atoms with Gasteiger partial charge in [0, 0.05) is 58.4 Å². The minimum Gasteiger partial charge on any atom is -0.357 e. The molecule has 8 heteroatoms. The van der Waals surface area contributed by atoms with E-state index in [-0.39, 0.29) is 24.0 Å². The molecule has 1 aliphatic rings. The third-order valence-electron chi connectivity index (χ3n) is 5.48. The molecule has 3 aromatic rings. The summed E-state index contributed by atoms with van der Waals surface area (Å²) in [6, 6.07) is 14.8. The Kier molecular flexibility index (Phi) is 8.65. The Bertz CT molecular complexity index is 992. The van der Waals surface area contributed by atoms with Gasteiger partial charge in [0.25, 0.3) is 0 Å². The topological polar surface area (TPSA) is 61.1 Å². The van der Waals surface area contributed by atoms with Gasteiger partial charge in [0.05, 0.1) is 0 Å². The van der Waals surface area contributed by atoms with Gasteiger partial charge in [-0.3, -0.25) is 14.3 Å². The molecular weight excluding hydrogens is 501 g/mol. The molecule has 0 spiro atoms. The van der Waals surface area contributed by atoms with E-state index in [0.717, 1.165) is 63.1 Å². The molecule has 3 heterocycles. The summed E-state index contributed by atoms with van der Waals surface area (Å²) in [7, 11) is 0. The average Bonchev–Trinajstić information content (AvgIpc) is 3.17. The van der Waals surface area contributed by atoms with Crippen molar-refractivity contribution < 1.29 is 0 Å². The molecule has 31 heavy (non-hydrogen) atoms. The lowest BCUT2D eigenvalue weighted by Crippen LogP contribution is -2.52. The molecule has 0 amide bonds. The molecule has 1 aromatic carbocycles. The Morgan fingerprint density at radius 3 is 2.68 bits per heavy atom. The maximum Gasteiger partial charge on any atom is 0.194 e. The van der Waals surface area contributed by atoms with E-state index in [1.165, 1.54) is 11.1 Å². The molecule has 7 nitrogen and oxygen atoms in total. The Morgan fingerprint density at radius 1 is 1.06 bits per heavy atom. The minimum atomic E-state index is 0. The van der Waals surface area contributed by atoms with Crippen LogP contribution in [0.25, 0.3) is 5.65 Å². The van der Waals surface area contributed by atoms with Crippen molar-refractivity contribution in [3.05, 3.63) is 65.6 Å². The van der Waals surface area contributed by atoms with Crippen LogP contribution in [0, 0.1) is 6.92 Å². The first-order valence-corrected chi connectivity index (χ1v) is 10.8. The summed E-state index contributed by atoms with van der Waals surface area (Å²) in [5, 5.41) is 12.0. The average molecular weight is 533 g/mol. The van der Waals surface area contributed by atoms with Gasteiger partial charge in [-0.1, -0.05) is 35.9 Å². The van der Waals surface area contributed by atoms with Crippen molar-refractivity contribution in [3.63, 3.8) is 0 Å². The maximum absolute atomic E-state index is 4.87. The standard InChI is InChI=1S/C23H31N7.HI/c1-3-24-23(25-11-10-22-27-26-21-9-4-5-12-30(21)22)29-15-13-28(14-16-29)18-20-8-6-7-19(2)17-20;/h4-9,12,17H,3,10-11,13-16,18H2,1-2H3,(H,24,25);1H. The van der Waals surface area contributed by atoms with E-state index in [0.29, 0.717) is 6.54 Å². The molecule has 166 valence electrons. The number of fused-ring (bicyclic) bond motifs is 1. The quantitative estimate of drug-likeness (QED) is 0.300. The molecule has 1 saturated heterocycles. The van der Waals surface area contributed by atoms with Crippen molar-refractivity contribution >= 4 is 35.6 Å². The van der Waals surface area contributed by atoms with Crippen molar-refractivity contribution in [1.82, 2.24) is 29.7 Å². The lowest BCUT2D eigenvalue weighted by Gasteiger charge is -2.36. The number of guanidine groups is 1. The van der Waals surface area contributed by atoms with Gasteiger partial charge < -0.3 is 10.2 Å².